The van der Waals surface area contributed by atoms with Crippen LogP contribution in [-0.4, -0.2) is 31.3 Å². The van der Waals surface area contributed by atoms with Gasteiger partial charge in [0.05, 0.1) is 19.8 Å². The number of amides is 2. The number of anilines is 1. The van der Waals surface area contributed by atoms with E-state index in [0.717, 1.165) is 16.8 Å². The second-order valence-corrected chi connectivity index (χ2v) is 4.91. The minimum atomic E-state index is -0.258. The van der Waals surface area contributed by atoms with Gasteiger partial charge in [-0.1, -0.05) is 18.2 Å². The lowest BCUT2D eigenvalue weighted by molar-refractivity contribution is 0.0617. The second kappa shape index (κ2) is 9.55. The molecule has 0 fully saturated rings. The predicted octanol–water partition coefficient (Wildman–Crippen LogP) is 2.57. The first-order valence-corrected chi connectivity index (χ1v) is 7.37. The number of carbonyl (C=O) groups excluding carboxylic acids is 1. The van der Waals surface area contributed by atoms with Crippen molar-refractivity contribution in [2.24, 2.45) is 0 Å². The topological polar surface area (TPSA) is 72.5 Å². The molecule has 2 rings (SSSR count). The summed E-state index contributed by atoms with van der Waals surface area (Å²) in [6, 6.07) is 11.0. The van der Waals surface area contributed by atoms with Gasteiger partial charge in [-0.15, -0.1) is 0 Å². The molecule has 0 aliphatic rings. The summed E-state index contributed by atoms with van der Waals surface area (Å²) in [5.74, 6) is 0. The number of urea groups is 1. The molecule has 1 heterocycles. The zero-order valence-electron chi connectivity index (χ0n) is 13.1. The minimum Gasteiger partial charge on any atom is -0.382 e. The van der Waals surface area contributed by atoms with Gasteiger partial charge in [0, 0.05) is 31.7 Å². The van der Waals surface area contributed by atoms with Gasteiger partial charge in [0.25, 0.3) is 0 Å². The van der Waals surface area contributed by atoms with Gasteiger partial charge >= 0.3 is 6.03 Å². The lowest BCUT2D eigenvalue weighted by Gasteiger charge is -2.09. The number of pyridine rings is 1. The number of hydrogen-bond donors (Lipinski definition) is 2. The number of aromatic nitrogens is 1. The molecule has 0 bridgehead atoms. The van der Waals surface area contributed by atoms with E-state index in [9.17, 15) is 4.79 Å². The number of ether oxygens (including phenoxy) is 2. The number of rotatable bonds is 8. The normalized spacial score (nSPS) is 10.3. The maximum absolute atomic E-state index is 11.9. The molecular weight excluding hydrogens is 294 g/mol. The smallest absolute Gasteiger partial charge is 0.319 e. The van der Waals surface area contributed by atoms with Crippen LogP contribution in [0.4, 0.5) is 10.5 Å². The van der Waals surface area contributed by atoms with E-state index in [4.69, 9.17) is 9.47 Å². The third-order valence-electron chi connectivity index (χ3n) is 3.06. The molecule has 2 aromatic rings. The Bertz CT molecular complexity index is 605. The Morgan fingerprint density at radius 3 is 2.83 bits per heavy atom. The van der Waals surface area contributed by atoms with Crippen molar-refractivity contribution in [3.63, 3.8) is 0 Å². The third-order valence-corrected chi connectivity index (χ3v) is 3.06. The molecule has 1 aromatic carbocycles. The predicted molar refractivity (Wildman–Crippen MR) is 88.1 cm³/mol. The van der Waals surface area contributed by atoms with Crippen LogP contribution < -0.4 is 10.6 Å². The van der Waals surface area contributed by atoms with Gasteiger partial charge in [-0.2, -0.15) is 0 Å². The minimum absolute atomic E-state index is 0.258. The van der Waals surface area contributed by atoms with Gasteiger partial charge in [-0.3, -0.25) is 4.98 Å². The van der Waals surface area contributed by atoms with Crippen LogP contribution in [0.5, 0.6) is 0 Å². The number of methoxy groups -OCH3 is 1. The van der Waals surface area contributed by atoms with Gasteiger partial charge in [-0.05, 0) is 29.3 Å². The van der Waals surface area contributed by atoms with Crippen LogP contribution in [0.25, 0.3) is 0 Å². The molecule has 6 heteroatoms. The largest absolute Gasteiger partial charge is 0.382 e. The molecular formula is C17H21N3O3. The number of benzene rings is 1. The lowest BCUT2D eigenvalue weighted by atomic mass is 10.2. The molecule has 0 saturated carbocycles. The van der Waals surface area contributed by atoms with Crippen LogP contribution in [0, 0.1) is 0 Å². The molecule has 1 aromatic heterocycles. The van der Waals surface area contributed by atoms with Gasteiger partial charge in [-0.25, -0.2) is 4.79 Å². The summed E-state index contributed by atoms with van der Waals surface area (Å²) in [5, 5.41) is 5.59. The summed E-state index contributed by atoms with van der Waals surface area (Å²) >= 11 is 0. The van der Waals surface area contributed by atoms with Crippen molar-refractivity contribution < 1.29 is 14.3 Å². The van der Waals surface area contributed by atoms with E-state index in [1.807, 2.05) is 36.4 Å². The van der Waals surface area contributed by atoms with Crippen LogP contribution in [0.3, 0.4) is 0 Å². The fraction of sp³-hybridized carbons (Fsp3) is 0.294. The Balaban J connectivity index is 1.78. The Morgan fingerprint density at radius 2 is 2.04 bits per heavy atom. The molecule has 2 amide bonds. The number of nitrogens with zero attached hydrogens (tertiary/aromatic N) is 1. The van der Waals surface area contributed by atoms with E-state index in [1.54, 1.807) is 19.5 Å². The average Bonchev–Trinajstić information content (AvgIpc) is 2.58. The fourth-order valence-corrected chi connectivity index (χ4v) is 1.93. The van der Waals surface area contributed by atoms with E-state index >= 15 is 0 Å². The zero-order valence-corrected chi connectivity index (χ0v) is 13.1. The third kappa shape index (κ3) is 6.46. The lowest BCUT2D eigenvalue weighted by Crippen LogP contribution is -2.28. The molecule has 122 valence electrons. The van der Waals surface area contributed by atoms with Crippen LogP contribution in [0.2, 0.25) is 0 Å². The molecule has 0 saturated heterocycles. The van der Waals surface area contributed by atoms with Crippen molar-refractivity contribution >= 4 is 11.7 Å². The summed E-state index contributed by atoms with van der Waals surface area (Å²) in [4.78, 5) is 15.9. The maximum Gasteiger partial charge on any atom is 0.319 e. The van der Waals surface area contributed by atoms with Gasteiger partial charge in [0.2, 0.25) is 0 Å². The summed E-state index contributed by atoms with van der Waals surface area (Å²) in [6.45, 7) is 2.02. The molecule has 2 N–H and O–H groups in total. The quantitative estimate of drug-likeness (QED) is 0.734. The Morgan fingerprint density at radius 1 is 1.17 bits per heavy atom. The Hall–Kier alpha value is -2.44. The summed E-state index contributed by atoms with van der Waals surface area (Å²) in [5.41, 5.74) is 2.66. The SMILES string of the molecule is COCCOCc1cccc(NC(=O)NCc2cccnc2)c1. The van der Waals surface area contributed by atoms with Crippen LogP contribution >= 0.6 is 0 Å². The molecule has 0 radical (unpaired) electrons. The van der Waals surface area contributed by atoms with Crippen molar-refractivity contribution in [2.45, 2.75) is 13.2 Å². The monoisotopic (exact) mass is 315 g/mol. The van der Waals surface area contributed by atoms with Crippen molar-refractivity contribution in [3.8, 4) is 0 Å². The van der Waals surface area contributed by atoms with E-state index in [-0.39, 0.29) is 6.03 Å². The highest BCUT2D eigenvalue weighted by molar-refractivity contribution is 5.89. The number of carbonyl (C=O) groups is 1. The van der Waals surface area contributed by atoms with Crippen molar-refractivity contribution in [1.82, 2.24) is 10.3 Å². The first kappa shape index (κ1) is 16.9. The van der Waals surface area contributed by atoms with Crippen LogP contribution in [0.15, 0.2) is 48.8 Å². The molecule has 23 heavy (non-hydrogen) atoms. The van der Waals surface area contributed by atoms with E-state index in [1.165, 1.54) is 0 Å². The average molecular weight is 315 g/mol. The van der Waals surface area contributed by atoms with Gasteiger partial charge in [0.1, 0.15) is 0 Å². The van der Waals surface area contributed by atoms with Crippen LogP contribution in [0.1, 0.15) is 11.1 Å². The molecule has 0 spiro atoms. The summed E-state index contributed by atoms with van der Waals surface area (Å²) in [7, 11) is 1.64. The van der Waals surface area contributed by atoms with Crippen LogP contribution in [-0.2, 0) is 22.6 Å². The molecule has 0 aliphatic carbocycles. The first-order valence-electron chi connectivity index (χ1n) is 7.37. The summed E-state index contributed by atoms with van der Waals surface area (Å²) < 4.78 is 10.4. The first-order chi connectivity index (χ1) is 11.3. The maximum atomic E-state index is 11.9. The zero-order chi connectivity index (χ0) is 16.3. The van der Waals surface area contributed by atoms with E-state index < -0.39 is 0 Å². The molecule has 0 atom stereocenters. The van der Waals surface area contributed by atoms with Crippen molar-refractivity contribution in [2.75, 3.05) is 25.6 Å². The Kier molecular flexibility index (Phi) is 7.03. The second-order valence-electron chi connectivity index (χ2n) is 4.91. The van der Waals surface area contributed by atoms with Crippen molar-refractivity contribution in [3.05, 3.63) is 59.9 Å². The van der Waals surface area contributed by atoms with E-state index in [2.05, 4.69) is 15.6 Å². The Labute approximate surface area is 135 Å². The van der Waals surface area contributed by atoms with Gasteiger partial charge < -0.3 is 20.1 Å². The highest BCUT2D eigenvalue weighted by Crippen LogP contribution is 2.11. The highest BCUT2D eigenvalue weighted by Gasteiger charge is 2.03. The van der Waals surface area contributed by atoms with E-state index in [0.29, 0.717) is 26.4 Å². The van der Waals surface area contributed by atoms with Crippen molar-refractivity contribution in [1.29, 1.82) is 0 Å². The molecule has 6 nitrogen and oxygen atoms in total. The molecule has 0 unspecified atom stereocenters. The van der Waals surface area contributed by atoms with Gasteiger partial charge in [0.15, 0.2) is 0 Å². The fourth-order valence-electron chi connectivity index (χ4n) is 1.93. The summed E-state index contributed by atoms with van der Waals surface area (Å²) in [6.07, 6.45) is 3.42. The number of hydrogen-bond acceptors (Lipinski definition) is 4. The number of nitrogens with one attached hydrogen (secondary N) is 2. The standard InChI is InChI=1S/C17H21N3O3/c1-22-8-9-23-13-14-4-2-6-16(10-14)20-17(21)19-12-15-5-3-7-18-11-15/h2-7,10-11H,8-9,12-13H2,1H3,(H2,19,20,21). The highest BCUT2D eigenvalue weighted by atomic mass is 16.5. The molecule has 0 aliphatic heterocycles.